The monoisotopic (exact) mass is 380 g/mol. The van der Waals surface area contributed by atoms with Crippen LogP contribution in [0.15, 0.2) is 21.5 Å². The van der Waals surface area contributed by atoms with Gasteiger partial charge in [-0.15, -0.1) is 0 Å². The van der Waals surface area contributed by atoms with Crippen LogP contribution in [0.1, 0.15) is 12.8 Å². The van der Waals surface area contributed by atoms with Crippen molar-refractivity contribution in [3.63, 3.8) is 0 Å². The quantitative estimate of drug-likeness (QED) is 0.848. The van der Waals surface area contributed by atoms with Crippen LogP contribution in [0.4, 0.5) is 4.39 Å². The Morgan fingerprint density at radius 3 is 2.86 bits per heavy atom. The molecule has 1 aromatic carbocycles. The lowest BCUT2D eigenvalue weighted by atomic mass is 10.2. The van der Waals surface area contributed by atoms with Gasteiger partial charge in [-0.1, -0.05) is 0 Å². The minimum Gasteiger partial charge on any atom is -0.495 e. The fraction of sp³-hybridized carbons (Fsp3) is 0.538. The second kappa shape index (κ2) is 6.60. The van der Waals surface area contributed by atoms with Crippen LogP contribution in [-0.4, -0.2) is 46.0 Å². The Labute approximate surface area is 132 Å². The number of nitrogens with zero attached hydrogens (tertiary/aromatic N) is 1. The van der Waals surface area contributed by atoms with Crippen LogP contribution in [-0.2, 0) is 10.0 Å². The lowest BCUT2D eigenvalue weighted by Crippen LogP contribution is -2.40. The summed E-state index contributed by atoms with van der Waals surface area (Å²) < 4.78 is 46.1. The molecule has 1 saturated heterocycles. The largest absolute Gasteiger partial charge is 0.495 e. The minimum atomic E-state index is -3.78. The Morgan fingerprint density at radius 2 is 2.24 bits per heavy atom. The molecule has 0 aromatic heterocycles. The molecule has 0 saturated carbocycles. The van der Waals surface area contributed by atoms with Gasteiger partial charge in [0.1, 0.15) is 16.5 Å². The van der Waals surface area contributed by atoms with Crippen LogP contribution in [0.2, 0.25) is 0 Å². The summed E-state index contributed by atoms with van der Waals surface area (Å²) in [4.78, 5) is -0.131. The lowest BCUT2D eigenvalue weighted by Gasteiger charge is -2.24. The third kappa shape index (κ3) is 3.23. The van der Waals surface area contributed by atoms with Gasteiger partial charge >= 0.3 is 0 Å². The zero-order chi connectivity index (χ0) is 15.6. The number of likely N-dealkylation sites (N-methyl/N-ethyl adjacent to an activating group) is 1. The molecular weight excluding hydrogens is 363 g/mol. The normalized spacial score (nSPS) is 19.9. The maximum absolute atomic E-state index is 13.8. The highest BCUT2D eigenvalue weighted by Crippen LogP contribution is 2.34. The van der Waals surface area contributed by atoms with Crippen molar-refractivity contribution < 1.29 is 17.5 Å². The number of hydrogen-bond acceptors (Lipinski definition) is 4. The molecule has 0 aliphatic carbocycles. The van der Waals surface area contributed by atoms with Crippen molar-refractivity contribution in [3.8, 4) is 5.75 Å². The van der Waals surface area contributed by atoms with Crippen molar-refractivity contribution in [2.45, 2.75) is 23.8 Å². The molecule has 1 atom stereocenters. The average molecular weight is 381 g/mol. The van der Waals surface area contributed by atoms with Crippen LogP contribution < -0.4 is 10.1 Å². The third-order valence-electron chi connectivity index (χ3n) is 3.56. The smallest absolute Gasteiger partial charge is 0.247 e. The van der Waals surface area contributed by atoms with E-state index in [1.165, 1.54) is 17.5 Å². The molecule has 1 fully saturated rings. The second-order valence-corrected chi connectivity index (χ2v) is 7.60. The molecule has 1 aliphatic heterocycles. The first-order valence-electron chi connectivity index (χ1n) is 6.61. The predicted molar refractivity (Wildman–Crippen MR) is 81.5 cm³/mol. The van der Waals surface area contributed by atoms with E-state index in [1.807, 2.05) is 0 Å². The van der Waals surface area contributed by atoms with Gasteiger partial charge in [0.25, 0.3) is 0 Å². The third-order valence-corrected chi connectivity index (χ3v) is 6.14. The van der Waals surface area contributed by atoms with Gasteiger partial charge in [-0.25, -0.2) is 12.8 Å². The van der Waals surface area contributed by atoms with Gasteiger partial charge < -0.3 is 10.1 Å². The molecule has 21 heavy (non-hydrogen) atoms. The van der Waals surface area contributed by atoms with Gasteiger partial charge in [0.05, 0.1) is 11.6 Å². The summed E-state index contributed by atoms with van der Waals surface area (Å²) in [5, 5.41) is 2.99. The summed E-state index contributed by atoms with van der Waals surface area (Å²) in [6, 6.07) is 2.23. The van der Waals surface area contributed by atoms with Crippen molar-refractivity contribution in [2.75, 3.05) is 27.2 Å². The molecule has 118 valence electrons. The van der Waals surface area contributed by atoms with Crippen molar-refractivity contribution in [1.82, 2.24) is 9.62 Å². The van der Waals surface area contributed by atoms with Crippen LogP contribution in [0, 0.1) is 5.82 Å². The number of nitrogens with one attached hydrogen (secondary N) is 1. The minimum absolute atomic E-state index is 0.114. The molecule has 2 rings (SSSR count). The van der Waals surface area contributed by atoms with E-state index >= 15 is 0 Å². The molecule has 1 N–H and O–H groups in total. The molecule has 0 spiro atoms. The fourth-order valence-electron chi connectivity index (χ4n) is 2.56. The van der Waals surface area contributed by atoms with E-state index in [-0.39, 0.29) is 21.2 Å². The first-order valence-corrected chi connectivity index (χ1v) is 8.84. The first-order chi connectivity index (χ1) is 9.91. The molecular formula is C13H18BrFN2O3S. The van der Waals surface area contributed by atoms with Crippen LogP contribution >= 0.6 is 15.9 Å². The fourth-order valence-corrected chi connectivity index (χ4v) is 4.73. The zero-order valence-electron chi connectivity index (χ0n) is 11.9. The first kappa shape index (κ1) is 16.7. The summed E-state index contributed by atoms with van der Waals surface area (Å²) in [6.45, 7) is 1.01. The van der Waals surface area contributed by atoms with Crippen LogP contribution in [0.25, 0.3) is 0 Å². The number of benzene rings is 1. The Bertz CT molecular complexity index is 624. The van der Waals surface area contributed by atoms with E-state index < -0.39 is 15.8 Å². The van der Waals surface area contributed by atoms with Crippen molar-refractivity contribution in [2.24, 2.45) is 0 Å². The SMILES string of the molecule is CNCC1CCCN1S(=O)(=O)c1cc(F)c(Br)cc1OC. The number of ether oxygens (including phenoxy) is 1. The molecule has 0 amide bonds. The Balaban J connectivity index is 2.46. The average Bonchev–Trinajstić information content (AvgIpc) is 2.90. The van der Waals surface area contributed by atoms with E-state index in [2.05, 4.69) is 21.2 Å². The van der Waals surface area contributed by atoms with E-state index in [0.717, 1.165) is 18.9 Å². The van der Waals surface area contributed by atoms with E-state index in [0.29, 0.717) is 13.1 Å². The maximum Gasteiger partial charge on any atom is 0.247 e. The number of methoxy groups -OCH3 is 1. The highest BCUT2D eigenvalue weighted by Gasteiger charge is 2.36. The molecule has 1 unspecified atom stereocenters. The second-order valence-electron chi connectivity index (χ2n) is 4.89. The number of halogens is 2. The molecule has 1 aromatic rings. The molecule has 1 aliphatic rings. The van der Waals surface area contributed by atoms with Gasteiger partial charge in [0, 0.05) is 19.1 Å². The highest BCUT2D eigenvalue weighted by atomic mass is 79.9. The Hall–Kier alpha value is -0.700. The van der Waals surface area contributed by atoms with Gasteiger partial charge in [-0.05, 0) is 48.0 Å². The van der Waals surface area contributed by atoms with Gasteiger partial charge in [0.2, 0.25) is 10.0 Å². The summed E-state index contributed by atoms with van der Waals surface area (Å²) in [6.07, 6.45) is 1.59. The van der Waals surface area contributed by atoms with Crippen LogP contribution in [0.5, 0.6) is 5.75 Å². The van der Waals surface area contributed by atoms with Gasteiger partial charge in [-0.3, -0.25) is 0 Å². The standard InChI is InChI=1S/C13H18BrFN2O3S/c1-16-8-9-4-3-5-17(9)21(18,19)13-7-11(15)10(14)6-12(13)20-2/h6-7,9,16H,3-5,8H2,1-2H3. The van der Waals surface area contributed by atoms with Crippen LogP contribution in [0.3, 0.4) is 0 Å². The summed E-state index contributed by atoms with van der Waals surface area (Å²) in [7, 11) is -0.635. The molecule has 0 bridgehead atoms. The Kier molecular flexibility index (Phi) is 5.24. The van der Waals surface area contributed by atoms with E-state index in [4.69, 9.17) is 4.74 Å². The summed E-state index contributed by atoms with van der Waals surface area (Å²) >= 11 is 3.03. The topological polar surface area (TPSA) is 58.6 Å². The summed E-state index contributed by atoms with van der Waals surface area (Å²) in [5.74, 6) is -0.489. The van der Waals surface area contributed by atoms with Gasteiger partial charge in [0.15, 0.2) is 0 Å². The predicted octanol–water partition coefficient (Wildman–Crippen LogP) is 1.97. The van der Waals surface area contributed by atoms with Crippen molar-refractivity contribution >= 4 is 26.0 Å². The van der Waals surface area contributed by atoms with E-state index in [1.54, 1.807) is 7.05 Å². The van der Waals surface area contributed by atoms with Crippen molar-refractivity contribution in [3.05, 3.63) is 22.4 Å². The van der Waals surface area contributed by atoms with E-state index in [9.17, 15) is 12.8 Å². The molecule has 1 heterocycles. The number of rotatable bonds is 5. The number of sulfonamides is 1. The van der Waals surface area contributed by atoms with Crippen molar-refractivity contribution in [1.29, 1.82) is 0 Å². The summed E-state index contributed by atoms with van der Waals surface area (Å²) in [5.41, 5.74) is 0. The molecule has 5 nitrogen and oxygen atoms in total. The number of hydrogen-bond donors (Lipinski definition) is 1. The zero-order valence-corrected chi connectivity index (χ0v) is 14.3. The van der Waals surface area contributed by atoms with Gasteiger partial charge in [-0.2, -0.15) is 4.31 Å². The Morgan fingerprint density at radius 1 is 1.52 bits per heavy atom. The molecule has 8 heteroatoms. The lowest BCUT2D eigenvalue weighted by molar-refractivity contribution is 0.369. The molecule has 0 radical (unpaired) electrons. The maximum atomic E-state index is 13.8. The highest BCUT2D eigenvalue weighted by molar-refractivity contribution is 9.10.